The Labute approximate surface area is 160 Å². The highest BCUT2D eigenvalue weighted by atomic mass is 16.6. The molecule has 1 unspecified atom stereocenters. The van der Waals surface area contributed by atoms with Gasteiger partial charge in [-0.3, -0.25) is 4.79 Å². The summed E-state index contributed by atoms with van der Waals surface area (Å²) in [4.78, 5) is 28.4. The van der Waals surface area contributed by atoms with E-state index >= 15 is 0 Å². The van der Waals surface area contributed by atoms with E-state index in [1.807, 2.05) is 10.5 Å². The Bertz CT molecular complexity index is 979. The first-order valence-electron chi connectivity index (χ1n) is 8.78. The summed E-state index contributed by atoms with van der Waals surface area (Å²) in [6, 6.07) is 10.0. The number of fused-ring (bicyclic) bond motifs is 1. The van der Waals surface area contributed by atoms with Crippen LogP contribution in [-0.4, -0.2) is 47.2 Å². The fourth-order valence-corrected chi connectivity index (χ4v) is 2.79. The number of aromatic nitrogens is 2. The summed E-state index contributed by atoms with van der Waals surface area (Å²) in [5.41, 5.74) is 2.64. The van der Waals surface area contributed by atoms with Gasteiger partial charge >= 0.3 is 6.03 Å². The van der Waals surface area contributed by atoms with Gasteiger partial charge in [0.1, 0.15) is 5.65 Å². The van der Waals surface area contributed by atoms with Crippen molar-refractivity contribution in [1.29, 1.82) is 0 Å². The highest BCUT2D eigenvalue weighted by Crippen LogP contribution is 2.16. The molecule has 1 saturated heterocycles. The maximum atomic E-state index is 12.2. The smallest absolute Gasteiger partial charge is 0.323 e. The van der Waals surface area contributed by atoms with Gasteiger partial charge in [0.15, 0.2) is 6.10 Å². The number of ether oxygens (including phenoxy) is 2. The molecule has 4 rings (SSSR count). The van der Waals surface area contributed by atoms with Gasteiger partial charge in [0.05, 0.1) is 25.5 Å². The Morgan fingerprint density at radius 2 is 1.68 bits per heavy atom. The number of imidazole rings is 1. The van der Waals surface area contributed by atoms with Crippen LogP contribution in [0.5, 0.6) is 0 Å². The number of carbonyl (C=O) groups excluding carboxylic acids is 2. The Balaban J connectivity index is 1.32. The molecule has 0 radical (unpaired) electrons. The van der Waals surface area contributed by atoms with Crippen LogP contribution in [0, 0.1) is 0 Å². The molecule has 0 spiro atoms. The summed E-state index contributed by atoms with van der Waals surface area (Å²) in [6.07, 6.45) is 4.66. The lowest BCUT2D eigenvalue weighted by atomic mass is 10.2. The second-order valence-corrected chi connectivity index (χ2v) is 6.19. The third-order valence-corrected chi connectivity index (χ3v) is 4.17. The average Bonchev–Trinajstić information content (AvgIpc) is 3.18. The number of amides is 3. The van der Waals surface area contributed by atoms with E-state index in [0.29, 0.717) is 30.3 Å². The van der Waals surface area contributed by atoms with Gasteiger partial charge in [-0.1, -0.05) is 0 Å². The van der Waals surface area contributed by atoms with Gasteiger partial charge < -0.3 is 29.8 Å². The fraction of sp³-hybridized carbons (Fsp3) is 0.211. The van der Waals surface area contributed by atoms with E-state index in [2.05, 4.69) is 20.9 Å². The number of hydrogen-bond acceptors (Lipinski definition) is 5. The molecular weight excluding hydrogens is 362 g/mol. The average molecular weight is 381 g/mol. The molecule has 0 saturated carbocycles. The molecule has 1 aliphatic rings. The molecule has 2 aromatic heterocycles. The number of nitrogens with one attached hydrogen (secondary N) is 3. The zero-order valence-electron chi connectivity index (χ0n) is 14.9. The molecule has 9 heteroatoms. The van der Waals surface area contributed by atoms with Crippen LogP contribution in [0.3, 0.4) is 0 Å². The van der Waals surface area contributed by atoms with Crippen LogP contribution in [0.4, 0.5) is 21.9 Å². The van der Waals surface area contributed by atoms with Crippen molar-refractivity contribution in [3.63, 3.8) is 0 Å². The van der Waals surface area contributed by atoms with Crippen molar-refractivity contribution in [2.24, 2.45) is 0 Å². The molecule has 0 aliphatic carbocycles. The number of hydrogen-bond donors (Lipinski definition) is 3. The lowest BCUT2D eigenvalue weighted by Gasteiger charge is -2.22. The number of anilines is 3. The van der Waals surface area contributed by atoms with Crippen LogP contribution in [-0.2, 0) is 14.3 Å². The minimum Gasteiger partial charge on any atom is -0.376 e. The first-order valence-corrected chi connectivity index (χ1v) is 8.78. The van der Waals surface area contributed by atoms with Crippen molar-refractivity contribution in [3.8, 4) is 0 Å². The molecule has 0 bridgehead atoms. The van der Waals surface area contributed by atoms with Crippen LogP contribution < -0.4 is 16.0 Å². The van der Waals surface area contributed by atoms with Crippen molar-refractivity contribution >= 4 is 34.6 Å². The van der Waals surface area contributed by atoms with E-state index in [9.17, 15) is 9.59 Å². The van der Waals surface area contributed by atoms with Crippen molar-refractivity contribution in [1.82, 2.24) is 9.38 Å². The van der Waals surface area contributed by atoms with Crippen LogP contribution in [0.25, 0.3) is 5.65 Å². The molecule has 1 fully saturated rings. The monoisotopic (exact) mass is 381 g/mol. The molecular formula is C19H19N5O4. The molecule has 144 valence electrons. The van der Waals surface area contributed by atoms with E-state index in [0.717, 1.165) is 5.65 Å². The van der Waals surface area contributed by atoms with E-state index in [1.54, 1.807) is 48.9 Å². The first-order chi connectivity index (χ1) is 13.7. The summed E-state index contributed by atoms with van der Waals surface area (Å²) < 4.78 is 12.4. The maximum absolute atomic E-state index is 12.2. The number of rotatable bonds is 4. The normalized spacial score (nSPS) is 16.5. The minimum atomic E-state index is -0.606. The summed E-state index contributed by atoms with van der Waals surface area (Å²) in [6.45, 7) is 1.16. The molecule has 1 aromatic carbocycles. The minimum absolute atomic E-state index is 0.247. The quantitative estimate of drug-likeness (QED) is 0.643. The third kappa shape index (κ3) is 4.27. The van der Waals surface area contributed by atoms with Crippen molar-refractivity contribution in [2.45, 2.75) is 6.10 Å². The second kappa shape index (κ2) is 8.07. The highest BCUT2D eigenvalue weighted by Gasteiger charge is 2.22. The lowest BCUT2D eigenvalue weighted by molar-refractivity contribution is -0.142. The van der Waals surface area contributed by atoms with Gasteiger partial charge in [-0.15, -0.1) is 0 Å². The molecule has 3 N–H and O–H groups in total. The Hall–Kier alpha value is -3.43. The molecule has 9 nitrogen and oxygen atoms in total. The van der Waals surface area contributed by atoms with E-state index in [-0.39, 0.29) is 18.5 Å². The van der Waals surface area contributed by atoms with E-state index in [4.69, 9.17) is 9.47 Å². The number of nitrogens with zero attached hydrogens (tertiary/aromatic N) is 2. The number of urea groups is 1. The summed E-state index contributed by atoms with van der Waals surface area (Å²) in [7, 11) is 0. The largest absolute Gasteiger partial charge is 0.376 e. The van der Waals surface area contributed by atoms with Crippen molar-refractivity contribution in [3.05, 3.63) is 55.0 Å². The lowest BCUT2D eigenvalue weighted by Crippen LogP contribution is -2.39. The number of benzene rings is 1. The van der Waals surface area contributed by atoms with Gasteiger partial charge in [0.2, 0.25) is 0 Å². The maximum Gasteiger partial charge on any atom is 0.323 e. The Morgan fingerprint density at radius 1 is 0.964 bits per heavy atom. The predicted molar refractivity (Wildman–Crippen MR) is 103 cm³/mol. The standard InChI is InChI=1S/C19H19N5O4/c25-18(16-12-27-9-10-28-16)21-13-1-3-14(4-2-13)22-19(26)23-15-5-6-17-20-7-8-24(17)11-15/h1-8,11,16H,9-10,12H2,(H,21,25)(H2,22,23,26). The van der Waals surface area contributed by atoms with Gasteiger partial charge in [-0.25, -0.2) is 9.78 Å². The zero-order chi connectivity index (χ0) is 19.3. The zero-order valence-corrected chi connectivity index (χ0v) is 14.9. The summed E-state index contributed by atoms with van der Waals surface area (Å²) in [5.74, 6) is -0.256. The topological polar surface area (TPSA) is 106 Å². The molecule has 1 atom stereocenters. The molecule has 28 heavy (non-hydrogen) atoms. The van der Waals surface area contributed by atoms with Gasteiger partial charge in [-0.2, -0.15) is 0 Å². The second-order valence-electron chi connectivity index (χ2n) is 6.19. The van der Waals surface area contributed by atoms with Gasteiger partial charge in [0, 0.05) is 30.0 Å². The molecule has 3 heterocycles. The summed E-state index contributed by atoms with van der Waals surface area (Å²) >= 11 is 0. The van der Waals surface area contributed by atoms with Crippen molar-refractivity contribution in [2.75, 3.05) is 35.8 Å². The van der Waals surface area contributed by atoms with E-state index < -0.39 is 6.10 Å². The predicted octanol–water partition coefficient (Wildman–Crippen LogP) is 2.33. The van der Waals surface area contributed by atoms with Crippen molar-refractivity contribution < 1.29 is 19.1 Å². The van der Waals surface area contributed by atoms with E-state index in [1.165, 1.54) is 0 Å². The van der Waals surface area contributed by atoms with Crippen LogP contribution in [0.15, 0.2) is 55.0 Å². The SMILES string of the molecule is O=C(Nc1ccc(NC(=O)C2COCCO2)cc1)Nc1ccc2nccn2c1. The molecule has 1 aliphatic heterocycles. The third-order valence-electron chi connectivity index (χ3n) is 4.17. The Morgan fingerprint density at radius 3 is 2.43 bits per heavy atom. The summed E-state index contributed by atoms with van der Waals surface area (Å²) in [5, 5.41) is 8.27. The Kier molecular flexibility index (Phi) is 5.18. The first kappa shape index (κ1) is 18.0. The fourth-order valence-electron chi connectivity index (χ4n) is 2.79. The highest BCUT2D eigenvalue weighted by molar-refractivity contribution is 6.00. The van der Waals surface area contributed by atoms with Crippen LogP contribution in [0.1, 0.15) is 0 Å². The van der Waals surface area contributed by atoms with Gasteiger partial charge in [0.25, 0.3) is 5.91 Å². The number of carbonyl (C=O) groups is 2. The number of pyridine rings is 1. The van der Waals surface area contributed by atoms with Gasteiger partial charge in [-0.05, 0) is 36.4 Å². The van der Waals surface area contributed by atoms with Crippen LogP contribution in [0.2, 0.25) is 0 Å². The molecule has 3 amide bonds. The molecule has 3 aromatic rings. The van der Waals surface area contributed by atoms with Crippen LogP contribution >= 0.6 is 0 Å².